The van der Waals surface area contributed by atoms with Crippen molar-refractivity contribution in [2.75, 3.05) is 31.1 Å². The Morgan fingerprint density at radius 3 is 2.48 bits per heavy atom. The van der Waals surface area contributed by atoms with E-state index < -0.39 is 0 Å². The molecule has 2 aromatic rings. The lowest BCUT2D eigenvalue weighted by Crippen LogP contribution is -2.74. The van der Waals surface area contributed by atoms with Gasteiger partial charge in [-0.1, -0.05) is 45.4 Å². The summed E-state index contributed by atoms with van der Waals surface area (Å²) in [7, 11) is 0. The van der Waals surface area contributed by atoms with Crippen LogP contribution in [-0.4, -0.2) is 49.2 Å². The van der Waals surface area contributed by atoms with Crippen molar-refractivity contribution in [3.8, 4) is 5.75 Å². The molecule has 1 aliphatic carbocycles. The van der Waals surface area contributed by atoms with E-state index in [9.17, 15) is 4.79 Å². The molecule has 2 N–H and O–H groups in total. The van der Waals surface area contributed by atoms with Crippen molar-refractivity contribution >= 4 is 29.0 Å². The summed E-state index contributed by atoms with van der Waals surface area (Å²) in [4.78, 5) is 23.2. The minimum absolute atomic E-state index is 0.0895. The fourth-order valence-corrected chi connectivity index (χ4v) is 5.62. The largest absolute Gasteiger partial charge is 0.489 e. The van der Waals surface area contributed by atoms with Gasteiger partial charge in [-0.2, -0.15) is 0 Å². The first-order valence-corrected chi connectivity index (χ1v) is 11.6. The van der Waals surface area contributed by atoms with Gasteiger partial charge in [-0.05, 0) is 24.3 Å². The highest BCUT2D eigenvalue weighted by molar-refractivity contribution is 6.33. The van der Waals surface area contributed by atoms with Gasteiger partial charge in [0.2, 0.25) is 5.69 Å². The van der Waals surface area contributed by atoms with E-state index in [4.69, 9.17) is 22.9 Å². The zero-order valence-electron chi connectivity index (χ0n) is 19.5. The molecule has 4 rings (SSSR count). The molecule has 2 heterocycles. The van der Waals surface area contributed by atoms with Gasteiger partial charge in [-0.3, -0.25) is 4.79 Å². The van der Waals surface area contributed by atoms with Crippen LogP contribution in [0.15, 0.2) is 36.5 Å². The highest BCUT2D eigenvalue weighted by Crippen LogP contribution is 2.55. The fourth-order valence-electron chi connectivity index (χ4n) is 5.40. The summed E-state index contributed by atoms with van der Waals surface area (Å²) in [5.74, 6) is 1.38. The molecule has 1 amide bonds. The van der Waals surface area contributed by atoms with Crippen LogP contribution in [0.3, 0.4) is 0 Å². The predicted octanol–water partition coefficient (Wildman–Crippen LogP) is 4.31. The number of aromatic nitrogens is 1. The number of amides is 1. The van der Waals surface area contributed by atoms with Gasteiger partial charge in [0.15, 0.2) is 0 Å². The van der Waals surface area contributed by atoms with Crippen molar-refractivity contribution in [1.82, 2.24) is 15.6 Å². The molecule has 2 fully saturated rings. The molecule has 0 spiro atoms. The number of hydrogen-bond acceptors (Lipinski definition) is 5. The van der Waals surface area contributed by atoms with Crippen LogP contribution < -0.4 is 20.3 Å². The van der Waals surface area contributed by atoms with E-state index in [-0.39, 0.29) is 28.9 Å². The van der Waals surface area contributed by atoms with Crippen LogP contribution in [0.2, 0.25) is 5.02 Å². The maximum atomic E-state index is 13.0. The Hall–Kier alpha value is -2.82. The lowest BCUT2D eigenvalue weighted by atomic mass is 9.49. The minimum atomic E-state index is -0.307. The van der Waals surface area contributed by atoms with Crippen LogP contribution in [0.1, 0.15) is 38.1 Å². The number of nitrogens with one attached hydrogen (secondary N) is 2. The predicted molar refractivity (Wildman–Crippen MR) is 130 cm³/mol. The Morgan fingerprint density at radius 1 is 1.21 bits per heavy atom. The number of nitrogens with zero attached hydrogens (tertiary/aromatic N) is 3. The molecule has 1 saturated heterocycles. The number of ether oxygens (including phenoxy) is 1. The normalized spacial score (nSPS) is 23.2. The zero-order chi connectivity index (χ0) is 23.8. The second-order valence-corrected chi connectivity index (χ2v) is 10.3. The van der Waals surface area contributed by atoms with Gasteiger partial charge in [0.1, 0.15) is 17.7 Å². The number of carbonyl (C=O) groups is 1. The monoisotopic (exact) mass is 467 g/mol. The van der Waals surface area contributed by atoms with Crippen LogP contribution in [0.5, 0.6) is 5.75 Å². The Morgan fingerprint density at radius 2 is 1.91 bits per heavy atom. The quantitative estimate of drug-likeness (QED) is 0.641. The zero-order valence-corrected chi connectivity index (χ0v) is 20.2. The summed E-state index contributed by atoms with van der Waals surface area (Å²) in [5, 5.41) is 6.91. The van der Waals surface area contributed by atoms with E-state index in [1.165, 1.54) is 0 Å². The number of piperazine rings is 1. The standard InChI is InChI=1S/C25H30ClN5O2/c1-24(2)22(25(3,4)23(24)33-17-7-8-19(27-5)18(26)14-17)30-21(32)16-6-9-20(29-15-16)31-12-10-28-11-13-31/h6-9,14-15,22-23,28H,10-13H2,1-4H3,(H,30,32). The average molecular weight is 468 g/mol. The smallest absolute Gasteiger partial charge is 0.253 e. The number of pyridine rings is 1. The van der Waals surface area contributed by atoms with E-state index in [1.807, 2.05) is 12.1 Å². The summed E-state index contributed by atoms with van der Waals surface area (Å²) in [6.45, 7) is 19.2. The molecule has 1 aromatic heterocycles. The lowest BCUT2D eigenvalue weighted by molar-refractivity contribution is -0.164. The van der Waals surface area contributed by atoms with Crippen molar-refractivity contribution < 1.29 is 9.53 Å². The van der Waals surface area contributed by atoms with Gasteiger partial charge in [-0.25, -0.2) is 9.83 Å². The topological polar surface area (TPSA) is 70.8 Å². The second kappa shape index (κ2) is 8.85. The first-order chi connectivity index (χ1) is 15.6. The summed E-state index contributed by atoms with van der Waals surface area (Å²) >= 11 is 6.18. The molecule has 7 nitrogen and oxygen atoms in total. The highest BCUT2D eigenvalue weighted by Gasteiger charge is 2.64. The highest BCUT2D eigenvalue weighted by atomic mass is 35.5. The van der Waals surface area contributed by atoms with Crippen LogP contribution in [0.4, 0.5) is 11.5 Å². The molecular weight excluding hydrogens is 438 g/mol. The summed E-state index contributed by atoms with van der Waals surface area (Å²) in [6, 6.07) is 8.78. The Bertz CT molecular complexity index is 1060. The van der Waals surface area contributed by atoms with Crippen molar-refractivity contribution in [2.24, 2.45) is 10.8 Å². The number of benzene rings is 1. The first-order valence-electron chi connectivity index (χ1n) is 11.2. The number of halogens is 1. The molecule has 174 valence electrons. The van der Waals surface area contributed by atoms with E-state index >= 15 is 0 Å². The van der Waals surface area contributed by atoms with Crippen LogP contribution in [-0.2, 0) is 0 Å². The second-order valence-electron chi connectivity index (χ2n) is 9.91. The summed E-state index contributed by atoms with van der Waals surface area (Å²) in [5.41, 5.74) is 0.334. The average Bonchev–Trinajstić information content (AvgIpc) is 2.81. The van der Waals surface area contributed by atoms with Gasteiger partial charge in [0.25, 0.3) is 5.91 Å². The lowest BCUT2D eigenvalue weighted by Gasteiger charge is -2.63. The van der Waals surface area contributed by atoms with Gasteiger partial charge < -0.3 is 20.3 Å². The van der Waals surface area contributed by atoms with Gasteiger partial charge in [-0.15, -0.1) is 0 Å². The van der Waals surface area contributed by atoms with E-state index in [0.29, 0.717) is 22.0 Å². The number of anilines is 1. The molecule has 8 heteroatoms. The number of rotatable bonds is 5. The van der Waals surface area contributed by atoms with E-state index in [1.54, 1.807) is 24.4 Å². The molecule has 33 heavy (non-hydrogen) atoms. The first kappa shape index (κ1) is 23.3. The molecule has 0 atom stereocenters. The van der Waals surface area contributed by atoms with Crippen molar-refractivity contribution in [1.29, 1.82) is 0 Å². The van der Waals surface area contributed by atoms with Gasteiger partial charge in [0.05, 0.1) is 17.2 Å². The van der Waals surface area contributed by atoms with Crippen molar-refractivity contribution in [3.05, 3.63) is 58.5 Å². The van der Waals surface area contributed by atoms with Crippen LogP contribution in [0, 0.1) is 17.4 Å². The van der Waals surface area contributed by atoms with Crippen LogP contribution >= 0.6 is 11.6 Å². The van der Waals surface area contributed by atoms with E-state index in [0.717, 1.165) is 32.0 Å². The van der Waals surface area contributed by atoms with Crippen molar-refractivity contribution in [2.45, 2.75) is 39.8 Å². The molecule has 1 saturated carbocycles. The number of hydrogen-bond donors (Lipinski definition) is 2. The number of carbonyl (C=O) groups excluding carboxylic acids is 1. The maximum absolute atomic E-state index is 13.0. The Balaban J connectivity index is 1.43. The molecule has 2 aliphatic rings. The van der Waals surface area contributed by atoms with Gasteiger partial charge in [0, 0.05) is 49.2 Å². The third kappa shape index (κ3) is 4.38. The fraction of sp³-hybridized carbons (Fsp3) is 0.480. The summed E-state index contributed by atoms with van der Waals surface area (Å²) < 4.78 is 6.30. The SMILES string of the molecule is [C-]#[N+]c1ccc(OC2C(C)(C)C(NC(=O)c3ccc(N4CCNCC4)nc3)C2(C)C)cc1Cl. The third-order valence-corrected chi connectivity index (χ3v) is 7.16. The summed E-state index contributed by atoms with van der Waals surface area (Å²) in [6.07, 6.45) is 1.51. The molecule has 1 aromatic carbocycles. The molecule has 0 radical (unpaired) electrons. The van der Waals surface area contributed by atoms with Crippen molar-refractivity contribution in [3.63, 3.8) is 0 Å². The Kier molecular flexibility index (Phi) is 6.26. The van der Waals surface area contributed by atoms with Crippen LogP contribution in [0.25, 0.3) is 4.85 Å². The molecule has 0 bridgehead atoms. The minimum Gasteiger partial charge on any atom is -0.489 e. The molecule has 1 aliphatic heterocycles. The van der Waals surface area contributed by atoms with Gasteiger partial charge >= 0.3 is 0 Å². The molecular formula is C25H30ClN5O2. The third-order valence-electron chi connectivity index (χ3n) is 6.86. The maximum Gasteiger partial charge on any atom is 0.253 e. The molecule has 0 unspecified atom stereocenters. The Labute approximate surface area is 200 Å². The van der Waals surface area contributed by atoms with E-state index in [2.05, 4.69) is 53.1 Å².